The van der Waals surface area contributed by atoms with Crippen LogP contribution in [0.4, 0.5) is 14.9 Å². The normalized spacial score (nSPS) is 23.6. The van der Waals surface area contributed by atoms with Gasteiger partial charge in [-0.2, -0.15) is 0 Å². The van der Waals surface area contributed by atoms with E-state index in [1.54, 1.807) is 18.2 Å². The number of rotatable bonds is 6. The van der Waals surface area contributed by atoms with Crippen LogP contribution in [0.5, 0.6) is 5.88 Å². The van der Waals surface area contributed by atoms with Crippen molar-refractivity contribution in [3.05, 3.63) is 48.0 Å². The van der Waals surface area contributed by atoms with Crippen LogP contribution in [0.1, 0.15) is 25.8 Å². The summed E-state index contributed by atoms with van der Waals surface area (Å²) in [6.07, 6.45) is 3.16. The molecule has 2 fully saturated rings. The summed E-state index contributed by atoms with van der Waals surface area (Å²) in [5, 5.41) is 3.65. The van der Waals surface area contributed by atoms with Gasteiger partial charge in [0.15, 0.2) is 11.9 Å². The SMILES string of the molecule is CC1(C)OCC(N2CC=C(c3ccc(N4C[C@H](COc5ccon5)OC4=O)cc3F)CC2)CO1. The third-order valence-electron chi connectivity index (χ3n) is 6.32. The maximum absolute atomic E-state index is 15.1. The van der Waals surface area contributed by atoms with Gasteiger partial charge in [0.05, 0.1) is 31.5 Å². The standard InChI is InChI=1S/C24H28FN3O6/c1-24(2)31-13-18(14-32-24)27-8-5-16(6-9-27)20-4-3-17(11-21(20)25)28-12-19(34-23(28)29)15-30-22-7-10-33-26-22/h3-5,7,10-11,18-19H,6,8-9,12-15H2,1-2H3/t19-/m1/s1. The van der Waals surface area contributed by atoms with Crippen LogP contribution < -0.4 is 9.64 Å². The van der Waals surface area contributed by atoms with Crippen molar-refractivity contribution in [1.82, 2.24) is 10.1 Å². The zero-order chi connectivity index (χ0) is 23.7. The van der Waals surface area contributed by atoms with Gasteiger partial charge >= 0.3 is 6.09 Å². The van der Waals surface area contributed by atoms with E-state index in [1.165, 1.54) is 17.2 Å². The Morgan fingerprint density at radius 2 is 2.06 bits per heavy atom. The Kier molecular flexibility index (Phi) is 6.28. The quantitative estimate of drug-likeness (QED) is 0.631. The molecule has 1 aromatic carbocycles. The molecule has 0 aliphatic carbocycles. The number of halogens is 1. The molecule has 5 rings (SSSR count). The molecule has 0 bridgehead atoms. The van der Waals surface area contributed by atoms with Gasteiger partial charge in [0.2, 0.25) is 0 Å². The molecule has 10 heteroatoms. The third kappa shape index (κ3) is 4.94. The highest BCUT2D eigenvalue weighted by molar-refractivity contribution is 5.90. The number of carbonyl (C=O) groups excluding carboxylic acids is 1. The van der Waals surface area contributed by atoms with Crippen LogP contribution in [-0.4, -0.2) is 73.5 Å². The van der Waals surface area contributed by atoms with E-state index in [0.29, 0.717) is 36.9 Å². The molecule has 0 saturated carbocycles. The molecule has 34 heavy (non-hydrogen) atoms. The second-order valence-electron chi connectivity index (χ2n) is 9.08. The summed E-state index contributed by atoms with van der Waals surface area (Å²) in [6, 6.07) is 6.63. The summed E-state index contributed by atoms with van der Waals surface area (Å²) >= 11 is 0. The van der Waals surface area contributed by atoms with Gasteiger partial charge in [-0.3, -0.25) is 9.80 Å². The summed E-state index contributed by atoms with van der Waals surface area (Å²) in [4.78, 5) is 16.0. The number of benzene rings is 1. The molecule has 182 valence electrons. The zero-order valence-corrected chi connectivity index (χ0v) is 19.2. The van der Waals surface area contributed by atoms with Crippen molar-refractivity contribution in [2.24, 2.45) is 0 Å². The number of hydrogen-bond donors (Lipinski definition) is 0. The molecule has 3 aliphatic rings. The molecule has 1 amide bonds. The number of nitrogens with zero attached hydrogens (tertiary/aromatic N) is 3. The van der Waals surface area contributed by atoms with Crippen LogP contribution in [-0.2, 0) is 14.2 Å². The Morgan fingerprint density at radius 3 is 2.74 bits per heavy atom. The van der Waals surface area contributed by atoms with Gasteiger partial charge in [-0.15, -0.1) is 0 Å². The van der Waals surface area contributed by atoms with Gasteiger partial charge in [0.1, 0.15) is 18.7 Å². The molecule has 0 spiro atoms. The summed E-state index contributed by atoms with van der Waals surface area (Å²) in [5.41, 5.74) is 1.97. The fourth-order valence-corrected chi connectivity index (χ4v) is 4.36. The highest BCUT2D eigenvalue weighted by Crippen LogP contribution is 2.31. The fraction of sp³-hybridized carbons (Fsp3) is 0.500. The van der Waals surface area contributed by atoms with E-state index in [2.05, 4.69) is 16.1 Å². The topological polar surface area (TPSA) is 86.5 Å². The summed E-state index contributed by atoms with van der Waals surface area (Å²) in [7, 11) is 0. The minimum atomic E-state index is -0.538. The van der Waals surface area contributed by atoms with Gasteiger partial charge in [-0.1, -0.05) is 6.08 Å². The highest BCUT2D eigenvalue weighted by atomic mass is 19.1. The Hall–Kier alpha value is -2.95. The van der Waals surface area contributed by atoms with E-state index in [1.807, 2.05) is 13.8 Å². The average Bonchev–Trinajstić information content (AvgIpc) is 3.47. The Balaban J connectivity index is 1.19. The number of hydrogen-bond acceptors (Lipinski definition) is 8. The maximum Gasteiger partial charge on any atom is 0.414 e. The van der Waals surface area contributed by atoms with E-state index in [0.717, 1.165) is 18.5 Å². The van der Waals surface area contributed by atoms with Crippen molar-refractivity contribution in [3.63, 3.8) is 0 Å². The number of anilines is 1. The highest BCUT2D eigenvalue weighted by Gasteiger charge is 2.34. The summed E-state index contributed by atoms with van der Waals surface area (Å²) < 4.78 is 42.1. The zero-order valence-electron chi connectivity index (χ0n) is 19.2. The molecule has 0 radical (unpaired) electrons. The lowest BCUT2D eigenvalue weighted by atomic mass is 9.97. The molecule has 3 aliphatic heterocycles. The van der Waals surface area contributed by atoms with Crippen LogP contribution >= 0.6 is 0 Å². The van der Waals surface area contributed by atoms with Crippen LogP contribution in [0.25, 0.3) is 5.57 Å². The number of amides is 1. The van der Waals surface area contributed by atoms with Gasteiger partial charge in [0, 0.05) is 24.7 Å². The predicted molar refractivity (Wildman–Crippen MR) is 120 cm³/mol. The molecular weight excluding hydrogens is 445 g/mol. The average molecular weight is 474 g/mol. The first kappa shape index (κ1) is 22.8. The molecular formula is C24H28FN3O6. The number of aromatic nitrogens is 1. The van der Waals surface area contributed by atoms with Gasteiger partial charge in [0.25, 0.3) is 5.88 Å². The third-order valence-corrected chi connectivity index (χ3v) is 6.32. The molecule has 2 saturated heterocycles. The lowest BCUT2D eigenvalue weighted by molar-refractivity contribution is -0.263. The molecule has 0 unspecified atom stereocenters. The summed E-state index contributed by atoms with van der Waals surface area (Å²) in [6.45, 7) is 6.97. The Morgan fingerprint density at radius 1 is 1.24 bits per heavy atom. The first-order chi connectivity index (χ1) is 16.4. The molecule has 0 N–H and O–H groups in total. The van der Waals surface area contributed by atoms with Gasteiger partial charge in [-0.05, 0) is 49.2 Å². The van der Waals surface area contributed by atoms with Crippen LogP contribution in [0.15, 0.2) is 41.1 Å². The van der Waals surface area contributed by atoms with Crippen LogP contribution in [0, 0.1) is 5.82 Å². The van der Waals surface area contributed by atoms with Crippen molar-refractivity contribution in [2.75, 3.05) is 44.4 Å². The van der Waals surface area contributed by atoms with E-state index < -0.39 is 18.0 Å². The lowest BCUT2D eigenvalue weighted by Crippen LogP contribution is -2.51. The largest absolute Gasteiger partial charge is 0.471 e. The second-order valence-corrected chi connectivity index (χ2v) is 9.08. The van der Waals surface area contributed by atoms with Crippen LogP contribution in [0.3, 0.4) is 0 Å². The number of ether oxygens (including phenoxy) is 4. The lowest BCUT2D eigenvalue weighted by Gasteiger charge is -2.41. The first-order valence-electron chi connectivity index (χ1n) is 11.4. The minimum Gasteiger partial charge on any atom is -0.471 e. The van der Waals surface area contributed by atoms with Crippen molar-refractivity contribution < 1.29 is 32.7 Å². The molecule has 4 heterocycles. The van der Waals surface area contributed by atoms with E-state index in [9.17, 15) is 4.79 Å². The van der Waals surface area contributed by atoms with E-state index in [4.69, 9.17) is 23.5 Å². The predicted octanol–water partition coefficient (Wildman–Crippen LogP) is 3.46. The smallest absolute Gasteiger partial charge is 0.414 e. The maximum atomic E-state index is 15.1. The van der Waals surface area contributed by atoms with E-state index >= 15 is 4.39 Å². The van der Waals surface area contributed by atoms with Crippen molar-refractivity contribution in [3.8, 4) is 5.88 Å². The molecule has 2 aromatic rings. The Bertz CT molecular complexity index is 1050. The van der Waals surface area contributed by atoms with Gasteiger partial charge < -0.3 is 23.5 Å². The fourth-order valence-electron chi connectivity index (χ4n) is 4.36. The van der Waals surface area contributed by atoms with Gasteiger partial charge in [-0.25, -0.2) is 9.18 Å². The van der Waals surface area contributed by atoms with Crippen molar-refractivity contribution in [1.29, 1.82) is 0 Å². The number of cyclic esters (lactones) is 1. The molecule has 1 aromatic heterocycles. The van der Waals surface area contributed by atoms with Crippen molar-refractivity contribution >= 4 is 17.4 Å². The molecule has 9 nitrogen and oxygen atoms in total. The Labute approximate surface area is 197 Å². The van der Waals surface area contributed by atoms with E-state index in [-0.39, 0.29) is 25.0 Å². The van der Waals surface area contributed by atoms with Crippen molar-refractivity contribution in [2.45, 2.75) is 38.2 Å². The summed E-state index contributed by atoms with van der Waals surface area (Å²) in [5.74, 6) is -0.584. The monoisotopic (exact) mass is 473 g/mol. The second kappa shape index (κ2) is 9.36. The van der Waals surface area contributed by atoms with Crippen LogP contribution in [0.2, 0.25) is 0 Å². The molecule has 1 atom stereocenters. The number of carbonyl (C=O) groups is 1. The first-order valence-corrected chi connectivity index (χ1v) is 11.4. The minimum absolute atomic E-state index is 0.132.